The van der Waals surface area contributed by atoms with Gasteiger partial charge in [0.15, 0.2) is 11.0 Å². The lowest BCUT2D eigenvalue weighted by Gasteiger charge is -2.16. The number of hydrogen-bond acceptors (Lipinski definition) is 7. The number of nitrogens with one attached hydrogen (secondary N) is 1. The normalized spacial score (nSPS) is 16.4. The number of benzene rings is 2. The van der Waals surface area contributed by atoms with Gasteiger partial charge in [-0.2, -0.15) is 0 Å². The zero-order valence-electron chi connectivity index (χ0n) is 19.0. The van der Waals surface area contributed by atoms with Crippen molar-refractivity contribution in [2.24, 2.45) is 0 Å². The van der Waals surface area contributed by atoms with E-state index in [4.69, 9.17) is 14.2 Å². The topological polar surface area (TPSA) is 87.5 Å². The number of carbonyl (C=O) groups is 1. The van der Waals surface area contributed by atoms with Gasteiger partial charge in [0.25, 0.3) is 0 Å². The molecule has 1 saturated heterocycles. The lowest BCUT2D eigenvalue weighted by molar-refractivity contribution is -0.115. The summed E-state index contributed by atoms with van der Waals surface area (Å²) in [6.45, 7) is 3.28. The Balaban J connectivity index is 1.52. The van der Waals surface area contributed by atoms with Crippen LogP contribution in [0.25, 0.3) is 11.4 Å². The number of amides is 1. The van der Waals surface area contributed by atoms with Gasteiger partial charge in [-0.1, -0.05) is 11.8 Å². The monoisotopic (exact) mass is 468 g/mol. The van der Waals surface area contributed by atoms with Gasteiger partial charge in [-0.05, 0) is 68.3 Å². The van der Waals surface area contributed by atoms with Crippen LogP contribution in [-0.2, 0) is 16.1 Å². The Morgan fingerprint density at radius 1 is 1.12 bits per heavy atom. The zero-order chi connectivity index (χ0) is 23.2. The summed E-state index contributed by atoms with van der Waals surface area (Å²) >= 11 is 1.38. The van der Waals surface area contributed by atoms with Gasteiger partial charge in [0.1, 0.15) is 11.5 Å². The number of nitrogens with zero attached hydrogens (tertiary/aromatic N) is 3. The van der Waals surface area contributed by atoms with Crippen molar-refractivity contribution in [1.82, 2.24) is 14.8 Å². The number of methoxy groups -OCH3 is 2. The fourth-order valence-electron chi connectivity index (χ4n) is 3.62. The summed E-state index contributed by atoms with van der Waals surface area (Å²) in [5.41, 5.74) is 1.65. The van der Waals surface area contributed by atoms with Gasteiger partial charge in [0.05, 0.1) is 32.1 Å². The van der Waals surface area contributed by atoms with Gasteiger partial charge in [-0.15, -0.1) is 10.2 Å². The Labute approximate surface area is 197 Å². The van der Waals surface area contributed by atoms with E-state index in [1.807, 2.05) is 55.5 Å². The molecular formula is C24H28N4O4S. The second kappa shape index (κ2) is 10.7. The molecule has 2 heterocycles. The molecule has 9 heteroatoms. The van der Waals surface area contributed by atoms with Gasteiger partial charge < -0.3 is 19.5 Å². The molecule has 0 saturated carbocycles. The largest absolute Gasteiger partial charge is 0.497 e. The fourth-order valence-corrected chi connectivity index (χ4v) is 4.47. The van der Waals surface area contributed by atoms with Crippen molar-refractivity contribution >= 4 is 23.4 Å². The predicted molar refractivity (Wildman–Crippen MR) is 128 cm³/mol. The molecule has 1 N–H and O–H groups in total. The van der Waals surface area contributed by atoms with Crippen LogP contribution in [0.15, 0.2) is 53.7 Å². The first kappa shape index (κ1) is 23.1. The second-order valence-electron chi connectivity index (χ2n) is 7.76. The van der Waals surface area contributed by atoms with Crippen molar-refractivity contribution in [3.63, 3.8) is 0 Å². The van der Waals surface area contributed by atoms with Crippen molar-refractivity contribution in [1.29, 1.82) is 0 Å². The Kier molecular flexibility index (Phi) is 7.51. The van der Waals surface area contributed by atoms with Crippen LogP contribution < -0.4 is 14.8 Å². The zero-order valence-corrected chi connectivity index (χ0v) is 19.8. The first-order chi connectivity index (χ1) is 16.1. The molecule has 0 spiro atoms. The number of rotatable bonds is 9. The van der Waals surface area contributed by atoms with Gasteiger partial charge in [-0.25, -0.2) is 0 Å². The number of anilines is 1. The number of ether oxygens (including phenoxy) is 3. The van der Waals surface area contributed by atoms with Crippen molar-refractivity contribution < 1.29 is 19.0 Å². The Morgan fingerprint density at radius 3 is 2.39 bits per heavy atom. The number of thioether (sulfide) groups is 1. The van der Waals surface area contributed by atoms with Crippen LogP contribution in [0.5, 0.6) is 11.5 Å². The number of aromatic nitrogens is 3. The Hall–Kier alpha value is -3.04. The molecule has 8 nitrogen and oxygen atoms in total. The van der Waals surface area contributed by atoms with Crippen LogP contribution in [0.3, 0.4) is 0 Å². The molecule has 0 radical (unpaired) electrons. The van der Waals surface area contributed by atoms with Crippen molar-refractivity contribution in [2.75, 3.05) is 26.1 Å². The molecule has 1 fully saturated rings. The van der Waals surface area contributed by atoms with Crippen LogP contribution in [0.1, 0.15) is 19.8 Å². The highest BCUT2D eigenvalue weighted by molar-refractivity contribution is 8.00. The van der Waals surface area contributed by atoms with Crippen LogP contribution in [0.4, 0.5) is 5.69 Å². The first-order valence-corrected chi connectivity index (χ1v) is 11.8. The summed E-state index contributed by atoms with van der Waals surface area (Å²) in [7, 11) is 3.25. The van der Waals surface area contributed by atoms with Crippen LogP contribution in [0.2, 0.25) is 0 Å². The highest BCUT2D eigenvalue weighted by atomic mass is 32.2. The molecular weight excluding hydrogens is 440 g/mol. The predicted octanol–water partition coefficient (Wildman–Crippen LogP) is 4.26. The van der Waals surface area contributed by atoms with E-state index < -0.39 is 0 Å². The lowest BCUT2D eigenvalue weighted by Crippen LogP contribution is -2.23. The number of carbonyl (C=O) groups excluding carboxylic acids is 1. The molecule has 33 heavy (non-hydrogen) atoms. The highest BCUT2D eigenvalue weighted by Crippen LogP contribution is 2.30. The maximum atomic E-state index is 12.8. The first-order valence-electron chi connectivity index (χ1n) is 10.9. The average molecular weight is 469 g/mol. The molecule has 1 aliphatic heterocycles. The van der Waals surface area contributed by atoms with Crippen molar-refractivity contribution in [2.45, 2.75) is 42.8 Å². The minimum absolute atomic E-state index is 0.108. The quantitative estimate of drug-likeness (QED) is 0.470. The Bertz CT molecular complexity index is 1060. The van der Waals surface area contributed by atoms with Gasteiger partial charge >= 0.3 is 0 Å². The molecule has 0 aliphatic carbocycles. The molecule has 174 valence electrons. The van der Waals surface area contributed by atoms with E-state index in [1.165, 1.54) is 11.8 Å². The lowest BCUT2D eigenvalue weighted by atomic mass is 10.2. The van der Waals surface area contributed by atoms with Crippen LogP contribution in [0, 0.1) is 0 Å². The summed E-state index contributed by atoms with van der Waals surface area (Å²) in [4.78, 5) is 12.8. The molecule has 3 aromatic rings. The molecule has 2 atom stereocenters. The SMILES string of the molecule is COc1ccc(NC(=O)C(C)Sc2nnc(-c3ccc(OC)cc3)n2CC2CCCO2)cc1. The van der Waals surface area contributed by atoms with Crippen LogP contribution >= 0.6 is 11.8 Å². The van der Waals surface area contributed by atoms with E-state index in [1.54, 1.807) is 14.2 Å². The van der Waals surface area contributed by atoms with Crippen LogP contribution in [-0.4, -0.2) is 52.9 Å². The molecule has 1 aliphatic rings. The summed E-state index contributed by atoms with van der Waals surface area (Å²) in [5.74, 6) is 2.16. The average Bonchev–Trinajstić information content (AvgIpc) is 3.50. The van der Waals surface area contributed by atoms with Gasteiger partial charge in [-0.3, -0.25) is 9.36 Å². The van der Waals surface area contributed by atoms with E-state index in [0.717, 1.165) is 42.3 Å². The summed E-state index contributed by atoms with van der Waals surface area (Å²) in [6, 6.07) is 15.0. The Morgan fingerprint density at radius 2 is 1.79 bits per heavy atom. The van der Waals surface area contributed by atoms with E-state index in [0.29, 0.717) is 17.4 Å². The third-order valence-electron chi connectivity index (χ3n) is 5.48. The summed E-state index contributed by atoms with van der Waals surface area (Å²) < 4.78 is 18.4. The molecule has 1 aromatic heterocycles. The fraction of sp³-hybridized carbons (Fsp3) is 0.375. The second-order valence-corrected chi connectivity index (χ2v) is 9.07. The third-order valence-corrected chi connectivity index (χ3v) is 6.56. The minimum Gasteiger partial charge on any atom is -0.497 e. The molecule has 2 unspecified atom stereocenters. The molecule has 0 bridgehead atoms. The summed E-state index contributed by atoms with van der Waals surface area (Å²) in [6.07, 6.45) is 2.16. The molecule has 4 rings (SSSR count). The van der Waals surface area contributed by atoms with E-state index in [-0.39, 0.29) is 17.3 Å². The number of hydrogen-bond donors (Lipinski definition) is 1. The maximum absolute atomic E-state index is 12.8. The standard InChI is InChI=1S/C24H28N4O4S/c1-16(23(29)25-18-8-12-20(31-3)13-9-18)33-24-27-26-22(17-6-10-19(30-2)11-7-17)28(24)15-21-5-4-14-32-21/h6-13,16,21H,4-5,14-15H2,1-3H3,(H,25,29). The molecule has 2 aromatic carbocycles. The van der Waals surface area contributed by atoms with Gasteiger partial charge in [0.2, 0.25) is 5.91 Å². The molecule has 1 amide bonds. The van der Waals surface area contributed by atoms with Gasteiger partial charge in [0, 0.05) is 17.9 Å². The minimum atomic E-state index is -0.372. The van der Waals surface area contributed by atoms with E-state index >= 15 is 0 Å². The summed E-state index contributed by atoms with van der Waals surface area (Å²) in [5, 5.41) is 12.1. The van der Waals surface area contributed by atoms with Crippen molar-refractivity contribution in [3.8, 4) is 22.9 Å². The van der Waals surface area contributed by atoms with E-state index in [9.17, 15) is 4.79 Å². The smallest absolute Gasteiger partial charge is 0.237 e. The maximum Gasteiger partial charge on any atom is 0.237 e. The highest BCUT2D eigenvalue weighted by Gasteiger charge is 2.24. The third kappa shape index (κ3) is 5.66. The van der Waals surface area contributed by atoms with Crippen molar-refractivity contribution in [3.05, 3.63) is 48.5 Å². The van der Waals surface area contributed by atoms with E-state index in [2.05, 4.69) is 20.1 Å².